The highest BCUT2D eigenvalue weighted by molar-refractivity contribution is 7.15. The summed E-state index contributed by atoms with van der Waals surface area (Å²) in [5, 5.41) is 0.690. The minimum absolute atomic E-state index is 0. The van der Waals surface area contributed by atoms with Crippen molar-refractivity contribution in [2.24, 2.45) is 5.92 Å². The van der Waals surface area contributed by atoms with Crippen LogP contribution in [0.3, 0.4) is 0 Å². The largest absolute Gasteiger partial charge is 0.375 e. The third kappa shape index (κ3) is 4.55. The van der Waals surface area contributed by atoms with Gasteiger partial charge in [0.25, 0.3) is 0 Å². The molecule has 0 unspecified atom stereocenters. The van der Waals surface area contributed by atoms with E-state index in [1.54, 1.807) is 11.3 Å². The van der Waals surface area contributed by atoms with Crippen LogP contribution in [0.5, 0.6) is 0 Å². The molecule has 1 aromatic heterocycles. The number of nitrogens with zero attached hydrogens (tertiary/aromatic N) is 3. The van der Waals surface area contributed by atoms with Crippen LogP contribution in [0.1, 0.15) is 37.5 Å². The number of halogens is 1. The summed E-state index contributed by atoms with van der Waals surface area (Å²) >= 11 is 1.62. The molecular weight excluding hydrogens is 304 g/mol. The molecule has 0 spiro atoms. The van der Waals surface area contributed by atoms with Gasteiger partial charge in [-0.2, -0.15) is 0 Å². The number of aromatic nitrogens is 1. The number of rotatable bonds is 3. The van der Waals surface area contributed by atoms with Gasteiger partial charge >= 0.3 is 0 Å². The highest BCUT2D eigenvalue weighted by atomic mass is 35.5. The lowest BCUT2D eigenvalue weighted by Gasteiger charge is -2.41. The molecule has 2 heterocycles. The van der Waals surface area contributed by atoms with E-state index in [2.05, 4.69) is 21.7 Å². The normalized spacial score (nSPS) is 28.2. The van der Waals surface area contributed by atoms with E-state index < -0.39 is 0 Å². The molecule has 1 aliphatic heterocycles. The summed E-state index contributed by atoms with van der Waals surface area (Å²) in [5.74, 6) is 0.948. The van der Waals surface area contributed by atoms with Gasteiger partial charge in [0.15, 0.2) is 5.13 Å². The minimum Gasteiger partial charge on any atom is -0.375 e. The topological polar surface area (TPSA) is 45.4 Å². The van der Waals surface area contributed by atoms with E-state index in [9.17, 15) is 0 Å². The quantitative estimate of drug-likeness (QED) is 0.925. The molecule has 1 saturated carbocycles. The predicted molar refractivity (Wildman–Crippen MR) is 92.0 cm³/mol. The summed E-state index contributed by atoms with van der Waals surface area (Å²) in [6.07, 6.45) is 7.59. The number of thiazole rings is 1. The molecule has 0 bridgehead atoms. The monoisotopic (exact) mass is 330 g/mol. The Bertz CT molecular complexity index is 423. The number of hydrogen-bond acceptors (Lipinski definition) is 5. The maximum atomic E-state index is 5.70. The highest BCUT2D eigenvalue weighted by Gasteiger charge is 2.27. The number of anilines is 1. The molecule has 120 valence electrons. The van der Waals surface area contributed by atoms with E-state index in [0.717, 1.165) is 18.5 Å². The fourth-order valence-corrected chi connectivity index (χ4v) is 4.24. The fraction of sp³-hybridized carbons (Fsp3) is 0.800. The smallest absolute Gasteiger partial charge is 0.180 e. The first kappa shape index (κ1) is 17.0. The van der Waals surface area contributed by atoms with Crippen molar-refractivity contribution in [3.63, 3.8) is 0 Å². The van der Waals surface area contributed by atoms with Crippen LogP contribution in [0.15, 0.2) is 6.20 Å². The Morgan fingerprint density at radius 3 is 2.43 bits per heavy atom. The summed E-state index contributed by atoms with van der Waals surface area (Å²) in [5.41, 5.74) is 5.70. The molecule has 0 amide bonds. The Labute approximate surface area is 138 Å². The van der Waals surface area contributed by atoms with Crippen molar-refractivity contribution in [1.29, 1.82) is 0 Å². The molecule has 6 heteroatoms. The third-order valence-corrected chi connectivity index (χ3v) is 5.67. The van der Waals surface area contributed by atoms with E-state index in [4.69, 9.17) is 5.73 Å². The molecular formula is C15H27ClN4S. The summed E-state index contributed by atoms with van der Waals surface area (Å²) < 4.78 is 0. The van der Waals surface area contributed by atoms with Crippen LogP contribution in [-0.4, -0.2) is 47.0 Å². The Morgan fingerprint density at radius 2 is 1.86 bits per heavy atom. The van der Waals surface area contributed by atoms with E-state index in [1.165, 1.54) is 56.7 Å². The van der Waals surface area contributed by atoms with Crippen LogP contribution in [0.25, 0.3) is 0 Å². The molecule has 0 aromatic carbocycles. The second-order valence-corrected chi connectivity index (χ2v) is 7.54. The minimum atomic E-state index is 0. The SMILES string of the molecule is CC1CCC(N2CCN(Cc3cnc(N)s3)CC2)CC1.Cl. The summed E-state index contributed by atoms with van der Waals surface area (Å²) in [4.78, 5) is 10.7. The number of piperazine rings is 1. The third-order valence-electron chi connectivity index (χ3n) is 4.86. The summed E-state index contributed by atoms with van der Waals surface area (Å²) in [6.45, 7) is 8.24. The fourth-order valence-electron chi connectivity index (χ4n) is 3.51. The van der Waals surface area contributed by atoms with Crippen LogP contribution >= 0.6 is 23.7 Å². The average Bonchev–Trinajstić information content (AvgIpc) is 2.86. The molecule has 4 nitrogen and oxygen atoms in total. The molecule has 3 rings (SSSR count). The molecule has 2 aliphatic rings. The van der Waals surface area contributed by atoms with Crippen molar-refractivity contribution < 1.29 is 0 Å². The van der Waals surface area contributed by atoms with E-state index in [0.29, 0.717) is 5.13 Å². The Morgan fingerprint density at radius 1 is 1.19 bits per heavy atom. The Kier molecular flexibility index (Phi) is 6.29. The van der Waals surface area contributed by atoms with Crippen molar-refractivity contribution >= 4 is 28.9 Å². The van der Waals surface area contributed by atoms with Gasteiger partial charge in [0.2, 0.25) is 0 Å². The van der Waals surface area contributed by atoms with Crippen LogP contribution in [-0.2, 0) is 6.54 Å². The highest BCUT2D eigenvalue weighted by Crippen LogP contribution is 2.28. The molecule has 2 fully saturated rings. The van der Waals surface area contributed by atoms with Crippen LogP contribution in [0.2, 0.25) is 0 Å². The van der Waals surface area contributed by atoms with Gasteiger partial charge in [0.1, 0.15) is 0 Å². The molecule has 0 radical (unpaired) electrons. The number of nitrogens with two attached hydrogens (primary N) is 1. The van der Waals surface area contributed by atoms with E-state index >= 15 is 0 Å². The van der Waals surface area contributed by atoms with Crippen LogP contribution in [0.4, 0.5) is 5.13 Å². The molecule has 1 aromatic rings. The maximum Gasteiger partial charge on any atom is 0.180 e. The first-order valence-corrected chi connectivity index (χ1v) is 8.69. The van der Waals surface area contributed by atoms with Gasteiger partial charge in [-0.05, 0) is 31.6 Å². The van der Waals surface area contributed by atoms with Crippen LogP contribution in [0, 0.1) is 5.92 Å². The van der Waals surface area contributed by atoms with Gasteiger partial charge in [-0.15, -0.1) is 23.7 Å². The van der Waals surface area contributed by atoms with E-state index in [1.807, 2.05) is 6.20 Å². The van der Waals surface area contributed by atoms with Gasteiger partial charge < -0.3 is 5.73 Å². The second kappa shape index (κ2) is 7.77. The van der Waals surface area contributed by atoms with Crippen molar-refractivity contribution in [3.05, 3.63) is 11.1 Å². The van der Waals surface area contributed by atoms with Crippen molar-refractivity contribution in [3.8, 4) is 0 Å². The standard InChI is InChI=1S/C15H26N4S.ClH/c1-12-2-4-13(5-3-12)19-8-6-18(7-9-19)11-14-10-17-15(16)20-14;/h10,12-13H,2-9,11H2,1H3,(H2,16,17);1H. The predicted octanol–water partition coefficient (Wildman–Crippen LogP) is 2.84. The lowest BCUT2D eigenvalue weighted by atomic mass is 9.86. The second-order valence-electron chi connectivity index (χ2n) is 6.39. The average molecular weight is 331 g/mol. The first-order valence-electron chi connectivity index (χ1n) is 7.87. The summed E-state index contributed by atoms with van der Waals surface area (Å²) in [6, 6.07) is 0.854. The lowest BCUT2D eigenvalue weighted by molar-refractivity contribution is 0.0693. The van der Waals surface area contributed by atoms with Gasteiger partial charge in [0, 0.05) is 49.8 Å². The molecule has 1 aliphatic carbocycles. The van der Waals surface area contributed by atoms with Crippen molar-refractivity contribution in [2.45, 2.75) is 45.2 Å². The number of nitrogen functional groups attached to an aromatic ring is 1. The Hall–Kier alpha value is -0.360. The first-order chi connectivity index (χ1) is 9.70. The molecule has 0 atom stereocenters. The zero-order chi connectivity index (χ0) is 13.9. The zero-order valence-corrected chi connectivity index (χ0v) is 14.5. The maximum absolute atomic E-state index is 5.70. The lowest BCUT2D eigenvalue weighted by Crippen LogP contribution is -2.50. The van der Waals surface area contributed by atoms with Gasteiger partial charge in [-0.1, -0.05) is 6.92 Å². The molecule has 21 heavy (non-hydrogen) atoms. The van der Waals surface area contributed by atoms with Gasteiger partial charge in [-0.3, -0.25) is 9.80 Å². The van der Waals surface area contributed by atoms with Gasteiger partial charge in [0.05, 0.1) is 0 Å². The van der Waals surface area contributed by atoms with Crippen molar-refractivity contribution in [2.75, 3.05) is 31.9 Å². The summed E-state index contributed by atoms with van der Waals surface area (Å²) in [7, 11) is 0. The zero-order valence-electron chi connectivity index (χ0n) is 12.8. The molecule has 2 N–H and O–H groups in total. The van der Waals surface area contributed by atoms with E-state index in [-0.39, 0.29) is 12.4 Å². The van der Waals surface area contributed by atoms with Crippen molar-refractivity contribution in [1.82, 2.24) is 14.8 Å². The van der Waals surface area contributed by atoms with Gasteiger partial charge in [-0.25, -0.2) is 4.98 Å². The number of hydrogen-bond donors (Lipinski definition) is 1. The Balaban J connectivity index is 0.00000161. The molecule has 1 saturated heterocycles. The van der Waals surface area contributed by atoms with Crippen LogP contribution < -0.4 is 5.73 Å².